The van der Waals surface area contributed by atoms with E-state index < -0.39 is 0 Å². The lowest BCUT2D eigenvalue weighted by Gasteiger charge is -2.26. The number of nitrogens with two attached hydrogens (primary N) is 1. The van der Waals surface area contributed by atoms with Crippen molar-refractivity contribution < 1.29 is 4.74 Å². The SMILES string of the molecule is CN(Cc1cn(CCN)nn1)CC1CCCCO1. The monoisotopic (exact) mass is 253 g/mol. The lowest BCUT2D eigenvalue weighted by atomic mass is 10.1. The Bertz CT molecular complexity index is 348. The van der Waals surface area contributed by atoms with Crippen LogP contribution < -0.4 is 5.73 Å². The summed E-state index contributed by atoms with van der Waals surface area (Å²) in [5.74, 6) is 0. The minimum absolute atomic E-state index is 0.378. The summed E-state index contributed by atoms with van der Waals surface area (Å²) in [7, 11) is 2.10. The molecule has 6 heteroatoms. The summed E-state index contributed by atoms with van der Waals surface area (Å²) in [5.41, 5.74) is 6.47. The van der Waals surface area contributed by atoms with Crippen LogP contribution in [0.2, 0.25) is 0 Å². The average Bonchev–Trinajstić information content (AvgIpc) is 2.78. The van der Waals surface area contributed by atoms with Gasteiger partial charge < -0.3 is 10.5 Å². The predicted molar refractivity (Wildman–Crippen MR) is 69.0 cm³/mol. The summed E-state index contributed by atoms with van der Waals surface area (Å²) in [6, 6.07) is 0. The number of rotatable bonds is 6. The third kappa shape index (κ3) is 4.04. The molecule has 1 aliphatic heterocycles. The maximum Gasteiger partial charge on any atom is 0.0967 e. The Kier molecular flexibility index (Phi) is 5.10. The van der Waals surface area contributed by atoms with Crippen molar-refractivity contribution in [3.63, 3.8) is 0 Å². The Labute approximate surface area is 108 Å². The Balaban J connectivity index is 1.76. The van der Waals surface area contributed by atoms with Gasteiger partial charge in [-0.3, -0.25) is 9.58 Å². The highest BCUT2D eigenvalue weighted by Crippen LogP contribution is 2.14. The first-order valence-electron chi connectivity index (χ1n) is 6.67. The van der Waals surface area contributed by atoms with Crippen LogP contribution in [0.4, 0.5) is 0 Å². The summed E-state index contributed by atoms with van der Waals surface area (Å²) in [6.07, 6.45) is 6.00. The van der Waals surface area contributed by atoms with E-state index in [1.165, 1.54) is 19.3 Å². The van der Waals surface area contributed by atoms with Crippen molar-refractivity contribution in [3.05, 3.63) is 11.9 Å². The van der Waals surface area contributed by atoms with Crippen LogP contribution >= 0.6 is 0 Å². The maximum absolute atomic E-state index is 5.73. The summed E-state index contributed by atoms with van der Waals surface area (Å²) in [5, 5.41) is 8.18. The number of likely N-dealkylation sites (N-methyl/N-ethyl adjacent to an activating group) is 1. The first-order valence-corrected chi connectivity index (χ1v) is 6.67. The first-order chi connectivity index (χ1) is 8.78. The van der Waals surface area contributed by atoms with Gasteiger partial charge in [-0.2, -0.15) is 0 Å². The number of hydrogen-bond acceptors (Lipinski definition) is 5. The van der Waals surface area contributed by atoms with E-state index in [2.05, 4.69) is 22.3 Å². The van der Waals surface area contributed by atoms with E-state index in [1.54, 1.807) is 4.68 Å². The molecular formula is C12H23N5O. The summed E-state index contributed by atoms with van der Waals surface area (Å²) in [6.45, 7) is 4.00. The summed E-state index contributed by atoms with van der Waals surface area (Å²) in [4.78, 5) is 2.24. The highest BCUT2D eigenvalue weighted by Gasteiger charge is 2.16. The summed E-state index contributed by atoms with van der Waals surface area (Å²) >= 11 is 0. The van der Waals surface area contributed by atoms with Gasteiger partial charge in [-0.25, -0.2) is 0 Å². The predicted octanol–water partition coefficient (Wildman–Crippen LogP) is 0.238. The second-order valence-corrected chi connectivity index (χ2v) is 4.95. The molecule has 0 amide bonds. The molecule has 102 valence electrons. The third-order valence-corrected chi connectivity index (χ3v) is 3.17. The molecule has 2 heterocycles. The molecule has 1 unspecified atom stereocenters. The second-order valence-electron chi connectivity index (χ2n) is 4.95. The molecule has 2 rings (SSSR count). The number of aromatic nitrogens is 3. The van der Waals surface area contributed by atoms with Crippen LogP contribution in [-0.4, -0.2) is 52.7 Å². The molecule has 0 bridgehead atoms. The van der Waals surface area contributed by atoms with Gasteiger partial charge in [0.25, 0.3) is 0 Å². The fourth-order valence-electron chi connectivity index (χ4n) is 2.29. The van der Waals surface area contributed by atoms with Crippen molar-refractivity contribution >= 4 is 0 Å². The van der Waals surface area contributed by atoms with E-state index in [0.29, 0.717) is 12.6 Å². The number of ether oxygens (including phenoxy) is 1. The Hall–Kier alpha value is -0.980. The van der Waals surface area contributed by atoms with E-state index in [0.717, 1.165) is 31.9 Å². The molecule has 6 nitrogen and oxygen atoms in total. The van der Waals surface area contributed by atoms with Crippen molar-refractivity contribution in [2.45, 2.75) is 38.5 Å². The topological polar surface area (TPSA) is 69.2 Å². The zero-order valence-electron chi connectivity index (χ0n) is 11.1. The minimum Gasteiger partial charge on any atom is -0.377 e. The smallest absolute Gasteiger partial charge is 0.0967 e. The van der Waals surface area contributed by atoms with Gasteiger partial charge in [0.1, 0.15) is 0 Å². The van der Waals surface area contributed by atoms with Gasteiger partial charge in [0.05, 0.1) is 18.3 Å². The molecular weight excluding hydrogens is 230 g/mol. The third-order valence-electron chi connectivity index (χ3n) is 3.17. The lowest BCUT2D eigenvalue weighted by Crippen LogP contribution is -2.33. The molecule has 1 atom stereocenters. The number of nitrogens with zero attached hydrogens (tertiary/aromatic N) is 4. The van der Waals surface area contributed by atoms with Crippen LogP contribution in [0, 0.1) is 0 Å². The largest absolute Gasteiger partial charge is 0.377 e. The molecule has 2 N–H and O–H groups in total. The number of hydrogen-bond donors (Lipinski definition) is 1. The van der Waals surface area contributed by atoms with Gasteiger partial charge >= 0.3 is 0 Å². The van der Waals surface area contributed by atoms with Crippen LogP contribution in [0.15, 0.2) is 6.20 Å². The van der Waals surface area contributed by atoms with E-state index in [-0.39, 0.29) is 0 Å². The lowest BCUT2D eigenvalue weighted by molar-refractivity contribution is -0.00275. The standard InChI is InChI=1S/C12H23N5O/c1-16(10-12-4-2-3-7-18-12)8-11-9-17(6-5-13)15-14-11/h9,12H,2-8,10,13H2,1H3. The molecule has 0 aliphatic carbocycles. The summed E-state index contributed by atoms with van der Waals surface area (Å²) < 4.78 is 7.52. The molecule has 1 fully saturated rings. The van der Waals surface area contributed by atoms with Gasteiger partial charge in [0.2, 0.25) is 0 Å². The van der Waals surface area contributed by atoms with Crippen LogP contribution in [0.25, 0.3) is 0 Å². The van der Waals surface area contributed by atoms with Gasteiger partial charge in [0, 0.05) is 32.4 Å². The van der Waals surface area contributed by atoms with Crippen molar-refractivity contribution in [2.24, 2.45) is 5.73 Å². The fourth-order valence-corrected chi connectivity index (χ4v) is 2.29. The molecule has 0 radical (unpaired) electrons. The van der Waals surface area contributed by atoms with E-state index >= 15 is 0 Å². The van der Waals surface area contributed by atoms with Gasteiger partial charge in [0.15, 0.2) is 0 Å². The Morgan fingerprint density at radius 3 is 3.17 bits per heavy atom. The second kappa shape index (κ2) is 6.82. The van der Waals surface area contributed by atoms with Gasteiger partial charge in [-0.1, -0.05) is 5.21 Å². The molecule has 1 aliphatic rings. The molecule has 1 saturated heterocycles. The zero-order valence-corrected chi connectivity index (χ0v) is 11.1. The molecule has 0 aromatic carbocycles. The van der Waals surface area contributed by atoms with Crippen molar-refractivity contribution in [3.8, 4) is 0 Å². The van der Waals surface area contributed by atoms with Gasteiger partial charge in [-0.05, 0) is 26.3 Å². The highest BCUT2D eigenvalue weighted by atomic mass is 16.5. The van der Waals surface area contributed by atoms with Crippen molar-refractivity contribution in [1.29, 1.82) is 0 Å². The average molecular weight is 253 g/mol. The van der Waals surface area contributed by atoms with Crippen LogP contribution in [-0.2, 0) is 17.8 Å². The van der Waals surface area contributed by atoms with E-state index in [9.17, 15) is 0 Å². The van der Waals surface area contributed by atoms with E-state index in [4.69, 9.17) is 10.5 Å². The van der Waals surface area contributed by atoms with Crippen molar-refractivity contribution in [2.75, 3.05) is 26.7 Å². The normalized spacial score (nSPS) is 20.5. The van der Waals surface area contributed by atoms with Gasteiger partial charge in [-0.15, -0.1) is 5.10 Å². The molecule has 1 aromatic rings. The Morgan fingerprint density at radius 1 is 1.56 bits per heavy atom. The molecule has 18 heavy (non-hydrogen) atoms. The molecule has 1 aromatic heterocycles. The fraction of sp³-hybridized carbons (Fsp3) is 0.833. The molecule has 0 saturated carbocycles. The maximum atomic E-state index is 5.73. The van der Waals surface area contributed by atoms with Crippen LogP contribution in [0.5, 0.6) is 0 Å². The quantitative estimate of drug-likeness (QED) is 0.786. The zero-order chi connectivity index (χ0) is 12.8. The minimum atomic E-state index is 0.378. The van der Waals surface area contributed by atoms with Crippen molar-refractivity contribution in [1.82, 2.24) is 19.9 Å². The first kappa shape index (κ1) is 13.5. The molecule has 0 spiro atoms. The Morgan fingerprint density at radius 2 is 2.44 bits per heavy atom. The highest BCUT2D eigenvalue weighted by molar-refractivity contribution is 4.92. The van der Waals surface area contributed by atoms with Crippen LogP contribution in [0.1, 0.15) is 25.0 Å². The van der Waals surface area contributed by atoms with E-state index in [1.807, 2.05) is 6.20 Å². The van der Waals surface area contributed by atoms with Crippen LogP contribution in [0.3, 0.4) is 0 Å².